The fourth-order valence-electron chi connectivity index (χ4n) is 0.722. The van der Waals surface area contributed by atoms with Gasteiger partial charge in [-0.2, -0.15) is 9.68 Å². The zero-order valence-corrected chi connectivity index (χ0v) is 8.73. The third-order valence-corrected chi connectivity index (χ3v) is 1.38. The van der Waals surface area contributed by atoms with E-state index in [0.29, 0.717) is 39.3 Å². The van der Waals surface area contributed by atoms with Crippen molar-refractivity contribution in [3.8, 4) is 0 Å². The summed E-state index contributed by atoms with van der Waals surface area (Å²) in [4.78, 5) is 20.1. The van der Waals surface area contributed by atoms with Crippen molar-refractivity contribution in [2.24, 2.45) is 0 Å². The summed E-state index contributed by atoms with van der Waals surface area (Å²) in [6.45, 7) is 1.72. The Morgan fingerprint density at radius 2 is 1.29 bits per heavy atom. The first-order valence-electron chi connectivity index (χ1n) is 4.52. The van der Waals surface area contributed by atoms with Gasteiger partial charge in [0.25, 0.3) is 0 Å². The lowest BCUT2D eigenvalue weighted by Crippen LogP contribution is -2.13. The first-order valence-corrected chi connectivity index (χ1v) is 4.52. The maximum Gasteiger partial charge on any atom is 0.477 e. The monoisotopic (exact) mass is 208 g/mol. The normalized spacial score (nSPS) is 9.86. The molecule has 0 bridgehead atoms. The van der Waals surface area contributed by atoms with E-state index in [-0.39, 0.29) is 5.09 Å². The molecule has 0 radical (unpaired) electrons. The summed E-state index contributed by atoms with van der Waals surface area (Å²) in [5, 5.41) is 0.130. The quantitative estimate of drug-likeness (QED) is 0.391. The maximum atomic E-state index is 10.8. The Bertz CT molecular complexity index is 128. The first kappa shape index (κ1) is 13.1. The molecule has 0 fully saturated rings. The minimum atomic E-state index is 0.130. The van der Waals surface area contributed by atoms with Gasteiger partial charge in [0.1, 0.15) is 4.91 Å². The van der Waals surface area contributed by atoms with E-state index in [2.05, 4.69) is 9.68 Å². The molecule has 0 rings (SSSR count). The van der Waals surface area contributed by atoms with Crippen molar-refractivity contribution in [3.63, 3.8) is 0 Å². The summed E-state index contributed by atoms with van der Waals surface area (Å²) in [5.74, 6) is 0. The molecule has 6 nitrogen and oxygen atoms in total. The Hall–Kier alpha value is -0.880. The average Bonchev–Trinajstić information content (AvgIpc) is 2.19. The summed E-state index contributed by atoms with van der Waals surface area (Å²) < 4.78 is 9.56. The van der Waals surface area contributed by atoms with E-state index in [1.54, 1.807) is 14.2 Å². The number of nitrogens with zero attached hydrogens (tertiary/aromatic N) is 1. The van der Waals surface area contributed by atoms with Gasteiger partial charge in [-0.05, 0) is 0 Å². The highest BCUT2D eigenvalue weighted by molar-refractivity contribution is 4.28. The molecule has 84 valence electrons. The number of rotatable bonds is 10. The highest BCUT2D eigenvalue weighted by Gasteiger charge is 2.10. The molecule has 0 amide bonds. The van der Waals surface area contributed by atoms with Crippen LogP contribution in [0.25, 0.3) is 0 Å². The molecule has 0 aromatic carbocycles. The van der Waals surface area contributed by atoms with Crippen LogP contribution in [0.2, 0.25) is 0 Å². The van der Waals surface area contributed by atoms with Crippen LogP contribution in [0, 0.1) is 4.91 Å². The molecular weight excluding hydrogens is 190 g/mol. The Labute approximate surface area is 83.6 Å². The molecule has 0 saturated heterocycles. The van der Waals surface area contributed by atoms with Crippen LogP contribution in [-0.2, 0) is 19.1 Å². The molecule has 0 aromatic heterocycles. The van der Waals surface area contributed by atoms with Gasteiger partial charge < -0.3 is 9.47 Å². The molecule has 6 heteroatoms. The van der Waals surface area contributed by atoms with Gasteiger partial charge in [0.15, 0.2) is 13.2 Å². The van der Waals surface area contributed by atoms with Crippen molar-refractivity contribution in [2.45, 2.75) is 12.8 Å². The van der Waals surface area contributed by atoms with Crippen LogP contribution in [0.15, 0.2) is 0 Å². The number of methoxy groups -OCH3 is 2. The van der Waals surface area contributed by atoms with E-state index in [9.17, 15) is 4.91 Å². The van der Waals surface area contributed by atoms with Crippen LogP contribution < -0.4 is 0 Å². The molecular formula is C8H18NO5+. The van der Waals surface area contributed by atoms with Gasteiger partial charge in [-0.25, -0.2) is 0 Å². The van der Waals surface area contributed by atoms with Gasteiger partial charge in [-0.1, -0.05) is 0 Å². The van der Waals surface area contributed by atoms with E-state index >= 15 is 0 Å². The summed E-state index contributed by atoms with van der Waals surface area (Å²) >= 11 is 0. The average molecular weight is 208 g/mol. The van der Waals surface area contributed by atoms with Crippen molar-refractivity contribution >= 4 is 0 Å². The molecule has 0 N–H and O–H groups in total. The smallest absolute Gasteiger partial charge is 0.385 e. The SMILES string of the molecule is COCCCO[N+](=O)OCCCOC. The van der Waals surface area contributed by atoms with Gasteiger partial charge >= 0.3 is 5.09 Å². The van der Waals surface area contributed by atoms with Gasteiger partial charge in [-0.15, -0.1) is 0 Å². The zero-order valence-electron chi connectivity index (χ0n) is 8.73. The number of hydrogen-bond donors (Lipinski definition) is 0. The summed E-state index contributed by atoms with van der Waals surface area (Å²) in [6, 6.07) is 0. The third kappa shape index (κ3) is 9.21. The third-order valence-electron chi connectivity index (χ3n) is 1.38. The second-order valence-electron chi connectivity index (χ2n) is 2.58. The van der Waals surface area contributed by atoms with Crippen LogP contribution in [0.4, 0.5) is 0 Å². The fourth-order valence-corrected chi connectivity index (χ4v) is 0.722. The maximum absolute atomic E-state index is 10.8. The second-order valence-corrected chi connectivity index (χ2v) is 2.58. The van der Waals surface area contributed by atoms with Gasteiger partial charge in [-0.3, -0.25) is 0 Å². The predicted molar refractivity (Wildman–Crippen MR) is 48.5 cm³/mol. The molecule has 0 aliphatic heterocycles. The number of hydrogen-bond acceptors (Lipinski definition) is 5. The van der Waals surface area contributed by atoms with Crippen LogP contribution >= 0.6 is 0 Å². The molecule has 0 heterocycles. The van der Waals surface area contributed by atoms with Gasteiger partial charge in [0.05, 0.1) is 0 Å². The highest BCUT2D eigenvalue weighted by atomic mass is 17.0. The van der Waals surface area contributed by atoms with Crippen LogP contribution in [0.5, 0.6) is 0 Å². The zero-order chi connectivity index (χ0) is 10.6. The van der Waals surface area contributed by atoms with Gasteiger partial charge in [0, 0.05) is 40.3 Å². The molecule has 14 heavy (non-hydrogen) atoms. The molecule has 0 aliphatic rings. The summed E-state index contributed by atoms with van der Waals surface area (Å²) in [5.41, 5.74) is 0. The Morgan fingerprint density at radius 1 is 0.857 bits per heavy atom. The molecule has 0 unspecified atom stereocenters. The summed E-state index contributed by atoms with van der Waals surface area (Å²) in [6.07, 6.45) is 1.33. The topological polar surface area (TPSA) is 57.0 Å². The lowest BCUT2D eigenvalue weighted by molar-refractivity contribution is -0.981. The molecule has 0 aliphatic carbocycles. The van der Waals surface area contributed by atoms with Crippen molar-refractivity contribution in [3.05, 3.63) is 4.91 Å². The minimum Gasteiger partial charge on any atom is -0.385 e. The molecule has 0 spiro atoms. The molecule has 0 aromatic rings. The second kappa shape index (κ2) is 10.2. The van der Waals surface area contributed by atoms with E-state index in [0.717, 1.165) is 0 Å². The number of ether oxygens (including phenoxy) is 2. The van der Waals surface area contributed by atoms with Crippen molar-refractivity contribution in [1.29, 1.82) is 0 Å². The van der Waals surface area contributed by atoms with Crippen LogP contribution in [0.3, 0.4) is 0 Å². The lowest BCUT2D eigenvalue weighted by Gasteiger charge is -1.96. The van der Waals surface area contributed by atoms with Crippen LogP contribution in [0.1, 0.15) is 12.8 Å². The Kier molecular flexibility index (Phi) is 9.56. The van der Waals surface area contributed by atoms with Gasteiger partial charge in [0.2, 0.25) is 0 Å². The minimum absolute atomic E-state index is 0.130. The van der Waals surface area contributed by atoms with Crippen molar-refractivity contribution < 1.29 is 24.2 Å². The largest absolute Gasteiger partial charge is 0.477 e. The molecule has 0 saturated carbocycles. The molecule has 0 atom stereocenters. The summed E-state index contributed by atoms with van der Waals surface area (Å²) in [7, 11) is 3.19. The first-order chi connectivity index (χ1) is 6.81. The van der Waals surface area contributed by atoms with Crippen molar-refractivity contribution in [1.82, 2.24) is 0 Å². The van der Waals surface area contributed by atoms with E-state index in [1.807, 2.05) is 0 Å². The van der Waals surface area contributed by atoms with E-state index in [4.69, 9.17) is 9.47 Å². The Morgan fingerprint density at radius 3 is 1.64 bits per heavy atom. The highest BCUT2D eigenvalue weighted by Crippen LogP contribution is 1.88. The van der Waals surface area contributed by atoms with Crippen molar-refractivity contribution in [2.75, 3.05) is 40.6 Å². The van der Waals surface area contributed by atoms with Crippen LogP contribution in [-0.4, -0.2) is 45.7 Å². The Balaban J connectivity index is 3.11. The predicted octanol–water partition coefficient (Wildman–Crippen LogP) is 0.701. The lowest BCUT2D eigenvalue weighted by atomic mass is 10.5. The van der Waals surface area contributed by atoms with E-state index < -0.39 is 0 Å². The standard InChI is InChI=1S/C8H18NO5/c1-11-5-3-7-13-9(10)14-8-4-6-12-2/h3-8H2,1-2H3/q+1. The van der Waals surface area contributed by atoms with E-state index in [1.165, 1.54) is 0 Å². The fraction of sp³-hybridized carbons (Fsp3) is 1.00.